The first kappa shape index (κ1) is 9.79. The van der Waals surface area contributed by atoms with E-state index in [4.69, 9.17) is 0 Å². The average molecular weight is 167 g/mol. The van der Waals surface area contributed by atoms with Gasteiger partial charge in [0.15, 0.2) is 0 Å². The minimum Gasteiger partial charge on any atom is -0.316 e. The Balaban J connectivity index is 2.29. The van der Waals surface area contributed by atoms with Gasteiger partial charge in [-0.05, 0) is 38.6 Å². The van der Waals surface area contributed by atoms with Crippen LogP contribution in [0.3, 0.4) is 0 Å². The maximum atomic E-state index is 4.06. The summed E-state index contributed by atoms with van der Waals surface area (Å²) >= 11 is 0. The Morgan fingerprint density at radius 3 is 2.58 bits per heavy atom. The molecule has 1 fully saturated rings. The molecule has 0 aromatic rings. The van der Waals surface area contributed by atoms with Crippen LogP contribution in [0.5, 0.6) is 0 Å². The van der Waals surface area contributed by atoms with Crippen molar-refractivity contribution in [1.82, 2.24) is 5.32 Å². The van der Waals surface area contributed by atoms with Crippen molar-refractivity contribution in [3.05, 3.63) is 12.2 Å². The molecule has 12 heavy (non-hydrogen) atoms. The van der Waals surface area contributed by atoms with Gasteiger partial charge in [-0.2, -0.15) is 0 Å². The lowest BCUT2D eigenvalue weighted by Crippen LogP contribution is -2.37. The lowest BCUT2D eigenvalue weighted by Gasteiger charge is -2.34. The van der Waals surface area contributed by atoms with Crippen LogP contribution in [-0.2, 0) is 0 Å². The van der Waals surface area contributed by atoms with E-state index in [9.17, 15) is 0 Å². The molecule has 0 spiro atoms. The molecule has 70 valence electrons. The molecule has 1 nitrogen and oxygen atoms in total. The lowest BCUT2D eigenvalue weighted by atomic mass is 9.77. The minimum atomic E-state index is 0.700. The van der Waals surface area contributed by atoms with Crippen molar-refractivity contribution >= 4 is 0 Å². The van der Waals surface area contributed by atoms with Gasteiger partial charge in [-0.3, -0.25) is 0 Å². The highest BCUT2D eigenvalue weighted by Crippen LogP contribution is 2.32. The van der Waals surface area contributed by atoms with Crippen molar-refractivity contribution in [3.8, 4) is 0 Å². The molecule has 0 bridgehead atoms. The smallest absolute Gasteiger partial charge is 0.0129 e. The Hall–Kier alpha value is -0.300. The number of nitrogens with one attached hydrogen (secondary N) is 1. The SMILES string of the molecule is C=C(CC)CC(NC)C1CCC1. The molecule has 0 radical (unpaired) electrons. The largest absolute Gasteiger partial charge is 0.316 e. The van der Waals surface area contributed by atoms with Gasteiger partial charge in [0.05, 0.1) is 0 Å². The first-order valence-corrected chi connectivity index (χ1v) is 5.11. The van der Waals surface area contributed by atoms with Crippen molar-refractivity contribution in [2.75, 3.05) is 7.05 Å². The molecule has 1 aliphatic carbocycles. The van der Waals surface area contributed by atoms with E-state index in [2.05, 4.69) is 25.9 Å². The van der Waals surface area contributed by atoms with Gasteiger partial charge in [-0.15, -0.1) is 0 Å². The zero-order valence-corrected chi connectivity index (χ0v) is 8.40. The lowest BCUT2D eigenvalue weighted by molar-refractivity contribution is 0.235. The maximum absolute atomic E-state index is 4.06. The summed E-state index contributed by atoms with van der Waals surface area (Å²) in [5.41, 5.74) is 1.39. The molecule has 0 heterocycles. The van der Waals surface area contributed by atoms with E-state index in [-0.39, 0.29) is 0 Å². The van der Waals surface area contributed by atoms with Gasteiger partial charge >= 0.3 is 0 Å². The van der Waals surface area contributed by atoms with Gasteiger partial charge in [-0.1, -0.05) is 25.5 Å². The Labute approximate surface area is 76.2 Å². The molecule has 0 aromatic heterocycles. The van der Waals surface area contributed by atoms with E-state index in [1.54, 1.807) is 0 Å². The van der Waals surface area contributed by atoms with Gasteiger partial charge in [0.2, 0.25) is 0 Å². The van der Waals surface area contributed by atoms with Gasteiger partial charge in [-0.25, -0.2) is 0 Å². The highest BCUT2D eigenvalue weighted by Gasteiger charge is 2.25. The molecular weight excluding hydrogens is 146 g/mol. The minimum absolute atomic E-state index is 0.700. The van der Waals surface area contributed by atoms with E-state index in [1.807, 2.05) is 0 Å². The fourth-order valence-corrected chi connectivity index (χ4v) is 1.80. The normalized spacial score (nSPS) is 20.2. The van der Waals surface area contributed by atoms with Crippen molar-refractivity contribution in [2.24, 2.45) is 5.92 Å². The predicted molar refractivity (Wildman–Crippen MR) is 54.2 cm³/mol. The van der Waals surface area contributed by atoms with Crippen LogP contribution in [0.1, 0.15) is 39.0 Å². The zero-order chi connectivity index (χ0) is 8.97. The molecule has 1 N–H and O–H groups in total. The quantitative estimate of drug-likeness (QED) is 0.621. The molecule has 1 saturated carbocycles. The predicted octanol–water partition coefficient (Wildman–Crippen LogP) is 2.73. The Morgan fingerprint density at radius 1 is 1.58 bits per heavy atom. The Kier molecular flexibility index (Phi) is 3.80. The molecule has 0 aromatic carbocycles. The van der Waals surface area contributed by atoms with Crippen molar-refractivity contribution < 1.29 is 0 Å². The van der Waals surface area contributed by atoms with Crippen molar-refractivity contribution in [2.45, 2.75) is 45.1 Å². The van der Waals surface area contributed by atoms with Crippen molar-refractivity contribution in [1.29, 1.82) is 0 Å². The summed E-state index contributed by atoms with van der Waals surface area (Å²) in [5, 5.41) is 3.41. The standard InChI is InChI=1S/C11H21N/c1-4-9(2)8-11(12-3)10-6-5-7-10/h10-12H,2,4-8H2,1,3H3. The van der Waals surface area contributed by atoms with Crippen LogP contribution in [0.15, 0.2) is 12.2 Å². The average Bonchev–Trinajstić information content (AvgIpc) is 1.99. The number of hydrogen-bond acceptors (Lipinski definition) is 1. The summed E-state index contributed by atoms with van der Waals surface area (Å²) in [6, 6.07) is 0.700. The van der Waals surface area contributed by atoms with Crippen LogP contribution >= 0.6 is 0 Å². The summed E-state index contributed by atoms with van der Waals surface area (Å²) in [4.78, 5) is 0. The first-order valence-electron chi connectivity index (χ1n) is 5.11. The van der Waals surface area contributed by atoms with Crippen LogP contribution in [0.25, 0.3) is 0 Å². The third-order valence-corrected chi connectivity index (χ3v) is 3.10. The van der Waals surface area contributed by atoms with E-state index in [0.717, 1.165) is 12.3 Å². The summed E-state index contributed by atoms with van der Waals surface area (Å²) in [6.45, 7) is 6.25. The van der Waals surface area contributed by atoms with E-state index >= 15 is 0 Å². The van der Waals surface area contributed by atoms with E-state index in [1.165, 1.54) is 31.3 Å². The van der Waals surface area contributed by atoms with Crippen LogP contribution in [0.2, 0.25) is 0 Å². The third kappa shape index (κ3) is 2.34. The molecule has 1 atom stereocenters. The van der Waals surface area contributed by atoms with Gasteiger partial charge in [0, 0.05) is 6.04 Å². The molecule has 0 amide bonds. The third-order valence-electron chi connectivity index (χ3n) is 3.10. The molecule has 1 unspecified atom stereocenters. The summed E-state index contributed by atoms with van der Waals surface area (Å²) in [6.07, 6.45) is 6.58. The van der Waals surface area contributed by atoms with Crippen LogP contribution in [-0.4, -0.2) is 13.1 Å². The molecule has 0 saturated heterocycles. The van der Waals surface area contributed by atoms with Crippen molar-refractivity contribution in [3.63, 3.8) is 0 Å². The monoisotopic (exact) mass is 167 g/mol. The molecule has 1 aliphatic rings. The van der Waals surface area contributed by atoms with E-state index < -0.39 is 0 Å². The van der Waals surface area contributed by atoms with Gasteiger partial charge in [0.1, 0.15) is 0 Å². The molecule has 1 rings (SSSR count). The second-order valence-corrected chi connectivity index (χ2v) is 3.89. The van der Waals surface area contributed by atoms with Gasteiger partial charge < -0.3 is 5.32 Å². The summed E-state index contributed by atoms with van der Waals surface area (Å²) in [5.74, 6) is 0.929. The Morgan fingerprint density at radius 2 is 2.25 bits per heavy atom. The number of hydrogen-bond donors (Lipinski definition) is 1. The molecule has 0 aliphatic heterocycles. The summed E-state index contributed by atoms with van der Waals surface area (Å²) < 4.78 is 0. The number of rotatable bonds is 5. The van der Waals surface area contributed by atoms with Crippen LogP contribution in [0, 0.1) is 5.92 Å². The summed E-state index contributed by atoms with van der Waals surface area (Å²) in [7, 11) is 2.08. The van der Waals surface area contributed by atoms with E-state index in [0.29, 0.717) is 6.04 Å². The van der Waals surface area contributed by atoms with Crippen LogP contribution < -0.4 is 5.32 Å². The highest BCUT2D eigenvalue weighted by atomic mass is 14.9. The Bertz CT molecular complexity index is 147. The zero-order valence-electron chi connectivity index (χ0n) is 8.40. The highest BCUT2D eigenvalue weighted by molar-refractivity contribution is 4.99. The first-order chi connectivity index (χ1) is 5.77. The van der Waals surface area contributed by atoms with Crippen LogP contribution in [0.4, 0.5) is 0 Å². The van der Waals surface area contributed by atoms with Gasteiger partial charge in [0.25, 0.3) is 0 Å². The maximum Gasteiger partial charge on any atom is 0.0129 e. The fourth-order valence-electron chi connectivity index (χ4n) is 1.80. The topological polar surface area (TPSA) is 12.0 Å². The second kappa shape index (κ2) is 4.66. The molecule has 1 heteroatoms. The molecular formula is C11H21N. The fraction of sp³-hybridized carbons (Fsp3) is 0.818. The second-order valence-electron chi connectivity index (χ2n) is 3.89.